The average Bonchev–Trinajstić information content (AvgIpc) is 2.53. The summed E-state index contributed by atoms with van der Waals surface area (Å²) < 4.78 is 5.48. The van der Waals surface area contributed by atoms with Gasteiger partial charge in [0.2, 0.25) is 11.8 Å². The molecule has 0 aromatic heterocycles. The Kier molecular flexibility index (Phi) is 5.51. The van der Waals surface area contributed by atoms with Crippen LogP contribution in [0.5, 0.6) is 0 Å². The predicted octanol–water partition coefficient (Wildman–Crippen LogP) is 0.759. The van der Waals surface area contributed by atoms with Crippen molar-refractivity contribution < 1.29 is 14.3 Å². The van der Waals surface area contributed by atoms with Crippen molar-refractivity contribution in [3.8, 4) is 0 Å². The van der Waals surface area contributed by atoms with Crippen LogP contribution < -0.4 is 5.32 Å². The number of ether oxygens (including phenoxy) is 1. The van der Waals surface area contributed by atoms with Crippen LogP contribution in [0, 0.1) is 0 Å². The molecule has 0 aliphatic carbocycles. The highest BCUT2D eigenvalue weighted by atomic mass is 16.5. The van der Waals surface area contributed by atoms with Gasteiger partial charge < -0.3 is 15.0 Å². The maximum Gasteiger partial charge on any atom is 0.243 e. The fraction of sp³-hybridized carbons (Fsp3) is 0.375. The Labute approximate surface area is 124 Å². The third-order valence-corrected chi connectivity index (χ3v) is 3.46. The van der Waals surface area contributed by atoms with Gasteiger partial charge in [0.25, 0.3) is 0 Å². The van der Waals surface area contributed by atoms with E-state index in [4.69, 9.17) is 4.74 Å². The van der Waals surface area contributed by atoms with Gasteiger partial charge in [0.05, 0.1) is 25.8 Å². The second kappa shape index (κ2) is 7.59. The molecule has 1 aliphatic rings. The van der Waals surface area contributed by atoms with E-state index in [-0.39, 0.29) is 24.4 Å². The molecule has 1 fully saturated rings. The van der Waals surface area contributed by atoms with Crippen LogP contribution in [0.15, 0.2) is 43.0 Å². The van der Waals surface area contributed by atoms with Crippen molar-refractivity contribution in [3.63, 3.8) is 0 Å². The first-order chi connectivity index (χ1) is 10.2. The largest absolute Gasteiger partial charge is 0.377 e. The standard InChI is InChI=1S/C16H20N2O3/c1-2-15(19)17-11-16(20)18-8-9-21-12-14(18)10-13-6-4-3-5-7-13/h2-7,14H,1,8-12H2,(H,17,19)/t14-/m0/s1. The van der Waals surface area contributed by atoms with Crippen LogP contribution in [-0.4, -0.2) is 49.1 Å². The number of carbonyl (C=O) groups is 2. The number of morpholine rings is 1. The SMILES string of the molecule is C=CC(=O)NCC(=O)N1CCOC[C@@H]1Cc1ccccc1. The van der Waals surface area contributed by atoms with Crippen molar-refractivity contribution in [2.24, 2.45) is 0 Å². The molecule has 0 radical (unpaired) electrons. The highest BCUT2D eigenvalue weighted by Crippen LogP contribution is 2.13. The average molecular weight is 288 g/mol. The lowest BCUT2D eigenvalue weighted by Crippen LogP contribution is -2.52. The van der Waals surface area contributed by atoms with Crippen LogP contribution in [0.4, 0.5) is 0 Å². The number of amides is 2. The molecular weight excluding hydrogens is 268 g/mol. The summed E-state index contributed by atoms with van der Waals surface area (Å²) in [4.78, 5) is 25.2. The van der Waals surface area contributed by atoms with Gasteiger partial charge in [0.1, 0.15) is 0 Å². The van der Waals surface area contributed by atoms with Gasteiger partial charge in [0, 0.05) is 6.54 Å². The molecule has 1 aliphatic heterocycles. The fourth-order valence-corrected chi connectivity index (χ4v) is 2.37. The summed E-state index contributed by atoms with van der Waals surface area (Å²) in [7, 11) is 0. The van der Waals surface area contributed by atoms with Gasteiger partial charge >= 0.3 is 0 Å². The number of carbonyl (C=O) groups excluding carboxylic acids is 2. The summed E-state index contributed by atoms with van der Waals surface area (Å²) in [5.41, 5.74) is 1.17. The lowest BCUT2D eigenvalue weighted by molar-refractivity contribution is -0.139. The normalized spacial score (nSPS) is 18.1. The van der Waals surface area contributed by atoms with E-state index in [1.165, 1.54) is 5.56 Å². The Hall–Kier alpha value is -2.14. The molecule has 0 saturated carbocycles. The molecule has 112 valence electrons. The molecule has 0 spiro atoms. The van der Waals surface area contributed by atoms with E-state index in [2.05, 4.69) is 11.9 Å². The van der Waals surface area contributed by atoms with E-state index in [1.54, 1.807) is 4.90 Å². The minimum absolute atomic E-state index is 0.00383. The topological polar surface area (TPSA) is 58.6 Å². The van der Waals surface area contributed by atoms with Crippen molar-refractivity contribution in [3.05, 3.63) is 48.6 Å². The quantitative estimate of drug-likeness (QED) is 0.814. The van der Waals surface area contributed by atoms with Gasteiger partial charge in [-0.05, 0) is 18.1 Å². The fourth-order valence-electron chi connectivity index (χ4n) is 2.37. The van der Waals surface area contributed by atoms with Crippen LogP contribution in [0.25, 0.3) is 0 Å². The van der Waals surface area contributed by atoms with Gasteiger partial charge in [-0.2, -0.15) is 0 Å². The van der Waals surface area contributed by atoms with Crippen LogP contribution in [0.3, 0.4) is 0 Å². The molecule has 0 bridgehead atoms. The first-order valence-corrected chi connectivity index (χ1v) is 7.02. The summed E-state index contributed by atoms with van der Waals surface area (Å²) in [6.07, 6.45) is 1.91. The Morgan fingerprint density at radius 2 is 2.14 bits per heavy atom. The number of nitrogens with one attached hydrogen (secondary N) is 1. The number of nitrogens with zero attached hydrogens (tertiary/aromatic N) is 1. The van der Waals surface area contributed by atoms with Crippen LogP contribution >= 0.6 is 0 Å². The number of rotatable bonds is 5. The zero-order valence-corrected chi connectivity index (χ0v) is 12.0. The summed E-state index contributed by atoms with van der Waals surface area (Å²) >= 11 is 0. The molecule has 21 heavy (non-hydrogen) atoms. The van der Waals surface area contributed by atoms with Crippen LogP contribution in [0.2, 0.25) is 0 Å². The highest BCUT2D eigenvalue weighted by molar-refractivity contribution is 5.90. The number of hydrogen-bond donors (Lipinski definition) is 1. The van der Waals surface area contributed by atoms with Crippen molar-refractivity contribution in [2.75, 3.05) is 26.3 Å². The molecule has 1 aromatic carbocycles. The Balaban J connectivity index is 1.96. The van der Waals surface area contributed by atoms with Crippen molar-refractivity contribution in [2.45, 2.75) is 12.5 Å². The van der Waals surface area contributed by atoms with Gasteiger partial charge in [-0.15, -0.1) is 0 Å². The third-order valence-electron chi connectivity index (χ3n) is 3.46. The summed E-state index contributed by atoms with van der Waals surface area (Å²) in [5, 5.41) is 2.52. The lowest BCUT2D eigenvalue weighted by atomic mass is 10.0. The minimum atomic E-state index is -0.337. The summed E-state index contributed by atoms with van der Waals surface area (Å²) in [6.45, 7) is 4.97. The van der Waals surface area contributed by atoms with Crippen LogP contribution in [-0.2, 0) is 20.7 Å². The number of hydrogen-bond acceptors (Lipinski definition) is 3. The molecule has 2 amide bonds. The molecular formula is C16H20N2O3. The molecule has 1 N–H and O–H groups in total. The van der Waals surface area contributed by atoms with E-state index < -0.39 is 0 Å². The molecule has 2 rings (SSSR count). The lowest BCUT2D eigenvalue weighted by Gasteiger charge is -2.35. The van der Waals surface area contributed by atoms with E-state index >= 15 is 0 Å². The van der Waals surface area contributed by atoms with E-state index in [0.29, 0.717) is 19.8 Å². The smallest absolute Gasteiger partial charge is 0.243 e. The second-order valence-corrected chi connectivity index (χ2v) is 4.93. The van der Waals surface area contributed by atoms with Gasteiger partial charge in [0.15, 0.2) is 0 Å². The summed E-state index contributed by atoms with van der Waals surface area (Å²) in [6, 6.07) is 10.0. The molecule has 5 heteroatoms. The zero-order chi connectivity index (χ0) is 15.1. The maximum absolute atomic E-state index is 12.2. The molecule has 1 heterocycles. The number of benzene rings is 1. The molecule has 1 aromatic rings. The van der Waals surface area contributed by atoms with E-state index in [1.807, 2.05) is 30.3 Å². The van der Waals surface area contributed by atoms with E-state index in [0.717, 1.165) is 12.5 Å². The molecule has 0 unspecified atom stereocenters. The Morgan fingerprint density at radius 3 is 2.86 bits per heavy atom. The molecule has 5 nitrogen and oxygen atoms in total. The highest BCUT2D eigenvalue weighted by Gasteiger charge is 2.27. The zero-order valence-electron chi connectivity index (χ0n) is 12.0. The monoisotopic (exact) mass is 288 g/mol. The van der Waals surface area contributed by atoms with Gasteiger partial charge in [-0.3, -0.25) is 9.59 Å². The first-order valence-electron chi connectivity index (χ1n) is 7.02. The predicted molar refractivity (Wildman–Crippen MR) is 79.7 cm³/mol. The second-order valence-electron chi connectivity index (χ2n) is 4.93. The van der Waals surface area contributed by atoms with Gasteiger partial charge in [-0.25, -0.2) is 0 Å². The van der Waals surface area contributed by atoms with Gasteiger partial charge in [-0.1, -0.05) is 36.9 Å². The first kappa shape index (κ1) is 15.3. The molecule has 1 saturated heterocycles. The minimum Gasteiger partial charge on any atom is -0.377 e. The maximum atomic E-state index is 12.2. The van der Waals surface area contributed by atoms with Crippen LogP contribution in [0.1, 0.15) is 5.56 Å². The van der Waals surface area contributed by atoms with E-state index in [9.17, 15) is 9.59 Å². The summed E-state index contributed by atoms with van der Waals surface area (Å²) in [5.74, 6) is -0.425. The van der Waals surface area contributed by atoms with Crippen molar-refractivity contribution >= 4 is 11.8 Å². The van der Waals surface area contributed by atoms with Crippen molar-refractivity contribution in [1.29, 1.82) is 0 Å². The van der Waals surface area contributed by atoms with Crippen molar-refractivity contribution in [1.82, 2.24) is 10.2 Å². The third kappa shape index (κ3) is 4.43. The Bertz CT molecular complexity index is 502. The Morgan fingerprint density at radius 1 is 1.38 bits per heavy atom. The molecule has 1 atom stereocenters.